The van der Waals surface area contributed by atoms with E-state index in [9.17, 15) is 24.0 Å². The first-order valence-electron chi connectivity index (χ1n) is 9.50. The van der Waals surface area contributed by atoms with Crippen LogP contribution < -0.4 is 15.5 Å². The molecule has 1 spiro atoms. The molecule has 3 aliphatic rings. The van der Waals surface area contributed by atoms with Gasteiger partial charge in [0.25, 0.3) is 0 Å². The van der Waals surface area contributed by atoms with Gasteiger partial charge in [-0.3, -0.25) is 20.2 Å². The molecule has 3 aliphatic heterocycles. The van der Waals surface area contributed by atoms with Crippen LogP contribution in [0.5, 0.6) is 0 Å². The van der Waals surface area contributed by atoms with Crippen LogP contribution in [-0.4, -0.2) is 42.6 Å². The molecule has 1 aromatic carbocycles. The predicted molar refractivity (Wildman–Crippen MR) is 99.2 cm³/mol. The van der Waals surface area contributed by atoms with Gasteiger partial charge in [-0.2, -0.15) is 5.26 Å². The maximum atomic E-state index is 14.4. The van der Waals surface area contributed by atoms with E-state index in [-0.39, 0.29) is 24.0 Å². The van der Waals surface area contributed by atoms with Gasteiger partial charge in [0, 0.05) is 12.2 Å². The number of fused-ring (bicyclic) bond motifs is 4. The molecule has 2 saturated heterocycles. The summed E-state index contributed by atoms with van der Waals surface area (Å²) in [5, 5.41) is 13.7. The van der Waals surface area contributed by atoms with Gasteiger partial charge in [0.1, 0.15) is 11.9 Å². The number of urea groups is 1. The molecule has 1 unspecified atom stereocenters. The van der Waals surface area contributed by atoms with E-state index in [1.807, 2.05) is 25.7 Å². The third-order valence-corrected chi connectivity index (χ3v) is 5.98. The third-order valence-electron chi connectivity index (χ3n) is 5.98. The van der Waals surface area contributed by atoms with Crippen molar-refractivity contribution in [3.63, 3.8) is 0 Å². The number of hydrogen-bond acceptors (Lipinski definition) is 6. The lowest BCUT2D eigenvalue weighted by atomic mass is 9.65. The second-order valence-electron chi connectivity index (χ2n) is 8.21. The van der Waals surface area contributed by atoms with Gasteiger partial charge in [-0.1, -0.05) is 13.8 Å². The number of benzene rings is 1. The second kappa shape index (κ2) is 6.52. The van der Waals surface area contributed by atoms with Gasteiger partial charge < -0.3 is 9.64 Å². The molecule has 152 valence electrons. The van der Waals surface area contributed by atoms with Crippen LogP contribution in [-0.2, 0) is 20.7 Å². The molecule has 1 aromatic rings. The van der Waals surface area contributed by atoms with Crippen LogP contribution in [0.4, 0.5) is 14.9 Å². The largest absolute Gasteiger partial charge is 0.371 e. The summed E-state index contributed by atoms with van der Waals surface area (Å²) in [7, 11) is 0. The number of anilines is 1. The van der Waals surface area contributed by atoms with E-state index < -0.39 is 41.2 Å². The number of carbonyl (C=O) groups excluding carboxylic acids is 3. The van der Waals surface area contributed by atoms with Crippen molar-refractivity contribution in [2.24, 2.45) is 11.3 Å². The van der Waals surface area contributed by atoms with Crippen molar-refractivity contribution in [2.45, 2.75) is 45.4 Å². The minimum Gasteiger partial charge on any atom is -0.371 e. The summed E-state index contributed by atoms with van der Waals surface area (Å²) in [6.45, 7) is 6.06. The number of rotatable bonds is 1. The molecular weight excluding hydrogens is 379 g/mol. The zero-order chi connectivity index (χ0) is 21.1. The van der Waals surface area contributed by atoms with Crippen molar-refractivity contribution in [1.29, 1.82) is 5.26 Å². The van der Waals surface area contributed by atoms with Crippen LogP contribution in [0.2, 0.25) is 0 Å². The zero-order valence-corrected chi connectivity index (χ0v) is 16.3. The quantitative estimate of drug-likeness (QED) is 0.686. The minimum absolute atomic E-state index is 0.0508. The molecule has 4 rings (SSSR count). The fraction of sp³-hybridized carbons (Fsp3) is 0.500. The monoisotopic (exact) mass is 400 g/mol. The molecule has 0 saturated carbocycles. The van der Waals surface area contributed by atoms with Crippen molar-refractivity contribution in [2.75, 3.05) is 11.4 Å². The highest BCUT2D eigenvalue weighted by molar-refractivity contribution is 6.20. The molecule has 8 nitrogen and oxygen atoms in total. The van der Waals surface area contributed by atoms with E-state index in [2.05, 4.69) is 10.6 Å². The normalized spacial score (nSPS) is 27.8. The van der Waals surface area contributed by atoms with Crippen molar-refractivity contribution in [3.05, 3.63) is 29.1 Å². The molecule has 0 bridgehead atoms. The van der Waals surface area contributed by atoms with E-state index in [4.69, 9.17) is 4.74 Å². The Bertz CT molecular complexity index is 950. The van der Waals surface area contributed by atoms with Gasteiger partial charge >= 0.3 is 6.03 Å². The Kier molecular flexibility index (Phi) is 4.35. The number of imide groups is 2. The maximum absolute atomic E-state index is 14.4. The second-order valence-corrected chi connectivity index (χ2v) is 8.21. The Morgan fingerprint density at radius 2 is 1.93 bits per heavy atom. The van der Waals surface area contributed by atoms with E-state index >= 15 is 0 Å². The highest BCUT2D eigenvalue weighted by atomic mass is 19.1. The number of nitriles is 1. The first-order valence-corrected chi connectivity index (χ1v) is 9.50. The summed E-state index contributed by atoms with van der Waals surface area (Å²) in [5.41, 5.74) is -0.752. The lowest BCUT2D eigenvalue weighted by molar-refractivity contribution is -0.156. The van der Waals surface area contributed by atoms with Gasteiger partial charge in [-0.15, -0.1) is 0 Å². The summed E-state index contributed by atoms with van der Waals surface area (Å²) in [4.78, 5) is 39.8. The average Bonchev–Trinajstić information content (AvgIpc) is 2.65. The molecule has 3 atom stereocenters. The number of hydrogen-bond donors (Lipinski definition) is 2. The first-order chi connectivity index (χ1) is 13.7. The van der Waals surface area contributed by atoms with Crippen molar-refractivity contribution < 1.29 is 23.5 Å². The number of carbonyl (C=O) groups is 3. The van der Waals surface area contributed by atoms with Gasteiger partial charge in [0.15, 0.2) is 5.41 Å². The van der Waals surface area contributed by atoms with E-state index in [1.165, 1.54) is 12.1 Å². The Labute approximate surface area is 167 Å². The topological polar surface area (TPSA) is 112 Å². The van der Waals surface area contributed by atoms with Crippen molar-refractivity contribution >= 4 is 23.5 Å². The Morgan fingerprint density at radius 3 is 2.52 bits per heavy atom. The van der Waals surface area contributed by atoms with Crippen LogP contribution in [0.15, 0.2) is 12.1 Å². The van der Waals surface area contributed by atoms with Gasteiger partial charge in [0.2, 0.25) is 11.8 Å². The lowest BCUT2D eigenvalue weighted by Crippen LogP contribution is -2.76. The smallest absolute Gasteiger partial charge is 0.328 e. The number of nitrogens with zero attached hydrogens (tertiary/aromatic N) is 2. The van der Waals surface area contributed by atoms with Gasteiger partial charge in [0.05, 0.1) is 23.8 Å². The number of nitrogens with one attached hydrogen (secondary N) is 2. The average molecular weight is 400 g/mol. The number of amides is 4. The predicted octanol–water partition coefficient (Wildman–Crippen LogP) is 1.22. The summed E-state index contributed by atoms with van der Waals surface area (Å²) in [6.07, 6.45) is -0.795. The summed E-state index contributed by atoms with van der Waals surface area (Å²) < 4.78 is 20.6. The van der Waals surface area contributed by atoms with Gasteiger partial charge in [-0.05, 0) is 37.0 Å². The van der Waals surface area contributed by atoms with Crippen LogP contribution in [0.3, 0.4) is 0 Å². The molecule has 3 heterocycles. The highest BCUT2D eigenvalue weighted by Gasteiger charge is 2.63. The molecular formula is C20H21FN4O4. The number of barbiturate groups is 1. The molecule has 29 heavy (non-hydrogen) atoms. The molecule has 0 aromatic heterocycles. The van der Waals surface area contributed by atoms with Crippen molar-refractivity contribution in [1.82, 2.24) is 10.6 Å². The molecule has 2 N–H and O–H groups in total. The van der Waals surface area contributed by atoms with Gasteiger partial charge in [-0.25, -0.2) is 9.18 Å². The molecule has 9 heteroatoms. The zero-order valence-electron chi connectivity index (χ0n) is 16.3. The van der Waals surface area contributed by atoms with E-state index in [1.54, 1.807) is 6.07 Å². The molecule has 0 aliphatic carbocycles. The fourth-order valence-corrected chi connectivity index (χ4v) is 4.77. The van der Waals surface area contributed by atoms with E-state index in [0.717, 1.165) is 0 Å². The number of morpholine rings is 1. The minimum atomic E-state index is -1.64. The summed E-state index contributed by atoms with van der Waals surface area (Å²) >= 11 is 0. The SMILES string of the molecule is CC(C)C1O[C@H](C)CN2c3cc(F)c(C#N)cc3CC3(C(=O)NC(=O)NC3=O)[C@@H]12. The molecule has 4 amide bonds. The standard InChI is InChI=1S/C20H21FN4O4/c1-9(2)15-16-20(17(26)23-19(28)24-18(20)27)6-11-4-12(7-22)13(21)5-14(11)25(16)8-10(3)29-15/h4-5,9-10,15-16H,6,8H2,1-3H3,(H2,23,24,26,27,28)/t10-,15?,16-/m1/s1. The van der Waals surface area contributed by atoms with Crippen LogP contribution in [0, 0.1) is 28.5 Å². The summed E-state index contributed by atoms with van der Waals surface area (Å²) in [6, 6.07) is 2.86. The third kappa shape index (κ3) is 2.70. The first kappa shape index (κ1) is 19.3. The highest BCUT2D eigenvalue weighted by Crippen LogP contribution is 2.48. The molecule has 0 radical (unpaired) electrons. The maximum Gasteiger partial charge on any atom is 0.328 e. The Balaban J connectivity index is 1.97. The lowest BCUT2D eigenvalue weighted by Gasteiger charge is -2.56. The Hall–Kier alpha value is -2.99. The Morgan fingerprint density at radius 1 is 1.28 bits per heavy atom. The number of ether oxygens (including phenoxy) is 1. The van der Waals surface area contributed by atoms with Crippen LogP contribution in [0.1, 0.15) is 31.9 Å². The van der Waals surface area contributed by atoms with Crippen molar-refractivity contribution in [3.8, 4) is 6.07 Å². The number of halogens is 1. The molecule has 2 fully saturated rings. The van der Waals surface area contributed by atoms with E-state index in [0.29, 0.717) is 17.8 Å². The fourth-order valence-electron chi connectivity index (χ4n) is 4.77. The summed E-state index contributed by atoms with van der Waals surface area (Å²) in [5.74, 6) is -2.13. The van der Waals surface area contributed by atoms with Crippen LogP contribution in [0.25, 0.3) is 0 Å². The van der Waals surface area contributed by atoms with Crippen LogP contribution >= 0.6 is 0 Å².